The monoisotopic (exact) mass is 376 g/mol. The Morgan fingerprint density at radius 1 is 1.11 bits per heavy atom. The molecule has 7 heteroatoms. The number of amides is 2. The average Bonchev–Trinajstić information content (AvgIpc) is 3.26. The maximum absolute atomic E-state index is 12.1. The van der Waals surface area contributed by atoms with Crippen LogP contribution in [0.2, 0.25) is 0 Å². The first-order valence-corrected chi connectivity index (χ1v) is 9.54. The predicted molar refractivity (Wildman–Crippen MR) is 108 cm³/mol. The van der Waals surface area contributed by atoms with Crippen molar-refractivity contribution >= 4 is 11.7 Å². The van der Waals surface area contributed by atoms with Crippen molar-refractivity contribution < 1.29 is 4.79 Å². The quantitative estimate of drug-likeness (QED) is 0.718. The highest BCUT2D eigenvalue weighted by Crippen LogP contribution is 2.15. The number of rotatable bonds is 5. The Morgan fingerprint density at radius 3 is 2.61 bits per heavy atom. The van der Waals surface area contributed by atoms with Crippen LogP contribution in [-0.4, -0.2) is 44.6 Å². The second-order valence-electron chi connectivity index (χ2n) is 7.01. The van der Waals surface area contributed by atoms with Crippen LogP contribution in [0.1, 0.15) is 18.4 Å². The van der Waals surface area contributed by atoms with E-state index in [0.717, 1.165) is 44.0 Å². The van der Waals surface area contributed by atoms with Crippen molar-refractivity contribution in [1.82, 2.24) is 24.8 Å². The molecule has 3 heterocycles. The Kier molecular flexibility index (Phi) is 5.63. The highest BCUT2D eigenvalue weighted by atomic mass is 16.2. The van der Waals surface area contributed by atoms with Crippen molar-refractivity contribution in [3.05, 3.63) is 72.9 Å². The van der Waals surface area contributed by atoms with E-state index in [1.54, 1.807) is 12.5 Å². The molecule has 1 aromatic carbocycles. The number of carbonyl (C=O) groups is 1. The van der Waals surface area contributed by atoms with E-state index in [2.05, 4.69) is 31.6 Å². The average molecular weight is 376 g/mol. The first-order valence-electron chi connectivity index (χ1n) is 9.54. The van der Waals surface area contributed by atoms with Gasteiger partial charge in [-0.2, -0.15) is 0 Å². The number of aromatic nitrogens is 3. The van der Waals surface area contributed by atoms with E-state index in [4.69, 9.17) is 0 Å². The fraction of sp³-hybridized carbons (Fsp3) is 0.286. The van der Waals surface area contributed by atoms with Crippen molar-refractivity contribution in [2.24, 2.45) is 0 Å². The van der Waals surface area contributed by atoms with Gasteiger partial charge in [-0.05, 0) is 36.6 Å². The fourth-order valence-corrected chi connectivity index (χ4v) is 3.43. The van der Waals surface area contributed by atoms with Crippen molar-refractivity contribution in [2.75, 3.05) is 18.4 Å². The third-order valence-electron chi connectivity index (χ3n) is 4.94. The molecular weight excluding hydrogens is 352 g/mol. The van der Waals surface area contributed by atoms with Crippen molar-refractivity contribution in [3.8, 4) is 5.82 Å². The minimum absolute atomic E-state index is 0.135. The van der Waals surface area contributed by atoms with E-state index in [1.165, 1.54) is 5.56 Å². The van der Waals surface area contributed by atoms with Crippen LogP contribution in [0.15, 0.2) is 67.4 Å². The molecule has 2 amide bonds. The maximum atomic E-state index is 12.1. The summed E-state index contributed by atoms with van der Waals surface area (Å²) in [5.74, 6) is 0.869. The predicted octanol–water partition coefficient (Wildman–Crippen LogP) is 3.05. The number of anilines is 1. The molecule has 2 aromatic heterocycles. The van der Waals surface area contributed by atoms with Crippen LogP contribution in [-0.2, 0) is 6.54 Å². The largest absolute Gasteiger partial charge is 0.335 e. The van der Waals surface area contributed by atoms with Gasteiger partial charge in [-0.25, -0.2) is 14.8 Å². The first-order chi connectivity index (χ1) is 13.8. The summed E-state index contributed by atoms with van der Waals surface area (Å²) < 4.78 is 1.89. The molecule has 1 saturated heterocycles. The number of nitrogens with zero attached hydrogens (tertiary/aromatic N) is 4. The van der Waals surface area contributed by atoms with E-state index in [9.17, 15) is 4.79 Å². The highest BCUT2D eigenvalue weighted by molar-refractivity contribution is 5.89. The zero-order valence-electron chi connectivity index (χ0n) is 15.7. The van der Waals surface area contributed by atoms with Crippen molar-refractivity contribution in [1.29, 1.82) is 0 Å². The van der Waals surface area contributed by atoms with Gasteiger partial charge in [-0.1, -0.05) is 24.3 Å². The van der Waals surface area contributed by atoms with E-state index in [1.807, 2.05) is 53.4 Å². The second kappa shape index (κ2) is 8.67. The van der Waals surface area contributed by atoms with Crippen LogP contribution in [0.5, 0.6) is 0 Å². The third kappa shape index (κ3) is 4.75. The number of pyridine rings is 1. The zero-order chi connectivity index (χ0) is 19.2. The number of hydrogen-bond acceptors (Lipinski definition) is 4. The van der Waals surface area contributed by atoms with Gasteiger partial charge in [0.05, 0.1) is 0 Å². The topological polar surface area (TPSA) is 75.1 Å². The van der Waals surface area contributed by atoms with Crippen molar-refractivity contribution in [2.45, 2.75) is 25.4 Å². The standard InChI is InChI=1S/C21H24N6O/c28-21(24-18-4-2-1-3-5-18)25-19-8-11-26(12-9-19)15-17-6-7-20(23-14-17)27-13-10-22-16-27/h1-7,10,13-14,16,19H,8-9,11-12,15H2,(H2,24,25,28). The number of urea groups is 1. The number of para-hydroxylation sites is 1. The third-order valence-corrected chi connectivity index (χ3v) is 4.94. The molecule has 0 atom stereocenters. The van der Waals surface area contributed by atoms with Crippen LogP contribution < -0.4 is 10.6 Å². The number of imidazole rings is 1. The van der Waals surface area contributed by atoms with E-state index in [0.29, 0.717) is 0 Å². The number of hydrogen-bond donors (Lipinski definition) is 2. The number of nitrogens with one attached hydrogen (secondary N) is 2. The normalized spacial score (nSPS) is 15.3. The zero-order valence-corrected chi connectivity index (χ0v) is 15.7. The molecule has 0 bridgehead atoms. The van der Waals surface area contributed by atoms with Gasteiger partial charge in [0, 0.05) is 50.0 Å². The van der Waals surface area contributed by atoms with Crippen LogP contribution >= 0.6 is 0 Å². The van der Waals surface area contributed by atoms with Crippen LogP contribution in [0.3, 0.4) is 0 Å². The van der Waals surface area contributed by atoms with Crippen LogP contribution in [0, 0.1) is 0 Å². The van der Waals surface area contributed by atoms with E-state index in [-0.39, 0.29) is 12.1 Å². The minimum Gasteiger partial charge on any atom is -0.335 e. The number of benzene rings is 1. The number of carbonyl (C=O) groups excluding carboxylic acids is 1. The Bertz CT molecular complexity index is 871. The van der Waals surface area contributed by atoms with E-state index >= 15 is 0 Å². The number of piperidine rings is 1. The van der Waals surface area contributed by atoms with Gasteiger partial charge >= 0.3 is 6.03 Å². The van der Waals surface area contributed by atoms with Gasteiger partial charge in [0.15, 0.2) is 0 Å². The lowest BCUT2D eigenvalue weighted by molar-refractivity contribution is 0.189. The Hall–Kier alpha value is -3.19. The summed E-state index contributed by atoms with van der Waals surface area (Å²) in [6.45, 7) is 2.79. The van der Waals surface area contributed by atoms with Gasteiger partial charge in [0.2, 0.25) is 0 Å². The van der Waals surface area contributed by atoms with Gasteiger partial charge < -0.3 is 10.6 Å². The van der Waals surface area contributed by atoms with Gasteiger partial charge in [-0.15, -0.1) is 0 Å². The van der Waals surface area contributed by atoms with Gasteiger partial charge in [0.25, 0.3) is 0 Å². The van der Waals surface area contributed by atoms with Gasteiger partial charge in [-0.3, -0.25) is 9.47 Å². The van der Waals surface area contributed by atoms with E-state index < -0.39 is 0 Å². The van der Waals surface area contributed by atoms with Crippen LogP contribution in [0.25, 0.3) is 5.82 Å². The molecule has 0 spiro atoms. The van der Waals surface area contributed by atoms with Gasteiger partial charge in [0.1, 0.15) is 12.1 Å². The molecule has 0 aliphatic carbocycles. The summed E-state index contributed by atoms with van der Waals surface area (Å²) in [5.41, 5.74) is 2.00. The molecule has 1 aliphatic heterocycles. The molecule has 0 saturated carbocycles. The number of likely N-dealkylation sites (tertiary alicyclic amines) is 1. The Morgan fingerprint density at radius 2 is 1.93 bits per heavy atom. The molecule has 0 radical (unpaired) electrons. The summed E-state index contributed by atoms with van der Waals surface area (Å²) in [6, 6.07) is 13.7. The molecule has 3 aromatic rings. The lowest BCUT2D eigenvalue weighted by Gasteiger charge is -2.32. The molecule has 1 fully saturated rings. The first kappa shape index (κ1) is 18.2. The SMILES string of the molecule is O=C(Nc1ccccc1)NC1CCN(Cc2ccc(-n3ccnc3)nc2)CC1. The lowest BCUT2D eigenvalue weighted by Crippen LogP contribution is -2.45. The molecule has 0 unspecified atom stereocenters. The molecule has 1 aliphatic rings. The molecule has 7 nitrogen and oxygen atoms in total. The summed E-state index contributed by atoms with van der Waals surface area (Å²) in [7, 11) is 0. The molecule has 4 rings (SSSR count). The summed E-state index contributed by atoms with van der Waals surface area (Å²) in [4.78, 5) is 23.1. The summed E-state index contributed by atoms with van der Waals surface area (Å²) in [5, 5.41) is 5.96. The Labute approximate surface area is 164 Å². The van der Waals surface area contributed by atoms with Crippen molar-refractivity contribution in [3.63, 3.8) is 0 Å². The highest BCUT2D eigenvalue weighted by Gasteiger charge is 2.20. The van der Waals surface area contributed by atoms with Crippen LogP contribution in [0.4, 0.5) is 10.5 Å². The fourth-order valence-electron chi connectivity index (χ4n) is 3.43. The molecule has 2 N–H and O–H groups in total. The lowest BCUT2D eigenvalue weighted by atomic mass is 10.0. The molecular formula is C21H24N6O. The smallest absolute Gasteiger partial charge is 0.319 e. The molecule has 144 valence electrons. The molecule has 28 heavy (non-hydrogen) atoms. The minimum atomic E-state index is -0.135. The summed E-state index contributed by atoms with van der Waals surface area (Å²) in [6.07, 6.45) is 9.19. The Balaban J connectivity index is 1.22. The summed E-state index contributed by atoms with van der Waals surface area (Å²) >= 11 is 0. The second-order valence-corrected chi connectivity index (χ2v) is 7.01. The maximum Gasteiger partial charge on any atom is 0.319 e.